The number of nitrogens with one attached hydrogen (secondary N) is 1. The van der Waals surface area contributed by atoms with Crippen molar-refractivity contribution in [2.24, 2.45) is 7.05 Å². The summed E-state index contributed by atoms with van der Waals surface area (Å²) >= 11 is 1.18. The van der Waals surface area contributed by atoms with Gasteiger partial charge in [-0.3, -0.25) is 4.79 Å². The van der Waals surface area contributed by atoms with E-state index in [1.165, 1.54) is 18.9 Å². The van der Waals surface area contributed by atoms with Gasteiger partial charge in [-0.15, -0.1) is 10.2 Å². The van der Waals surface area contributed by atoms with Crippen molar-refractivity contribution in [2.45, 2.75) is 28.0 Å². The van der Waals surface area contributed by atoms with Gasteiger partial charge in [-0.1, -0.05) is 30.0 Å². The van der Waals surface area contributed by atoms with Crippen molar-refractivity contribution in [2.75, 3.05) is 19.5 Å². The van der Waals surface area contributed by atoms with Crippen LogP contribution in [-0.2, 0) is 27.4 Å². The average molecular weight is 477 g/mol. The van der Waals surface area contributed by atoms with Crippen LogP contribution in [0.15, 0.2) is 58.6 Å². The number of aromatic nitrogens is 3. The topological polar surface area (TPSA) is 112 Å². The number of ether oxygens (including phenoxy) is 2. The third-order valence-corrected chi connectivity index (χ3v) is 7.43. The molecular weight excluding hydrogens is 452 g/mol. The molecule has 9 nitrogen and oxygen atoms in total. The Kier molecular flexibility index (Phi) is 7.41. The molecule has 0 bridgehead atoms. The Labute approximate surface area is 191 Å². The number of methoxy groups -OCH3 is 2. The first kappa shape index (κ1) is 23.6. The molecule has 3 aromatic rings. The van der Waals surface area contributed by atoms with Gasteiger partial charge in [0.1, 0.15) is 23.1 Å². The number of hydrogen-bond donors (Lipinski definition) is 1. The van der Waals surface area contributed by atoms with Gasteiger partial charge >= 0.3 is 0 Å². The molecule has 0 spiro atoms. The van der Waals surface area contributed by atoms with Crippen molar-refractivity contribution in [3.05, 3.63) is 54.4 Å². The van der Waals surface area contributed by atoms with Crippen LogP contribution in [0.3, 0.4) is 0 Å². The second-order valence-corrected chi connectivity index (χ2v) is 10.1. The number of carbonyl (C=O) groups is 1. The summed E-state index contributed by atoms with van der Waals surface area (Å²) in [6, 6.07) is 13.3. The van der Waals surface area contributed by atoms with Crippen LogP contribution < -0.4 is 14.8 Å². The van der Waals surface area contributed by atoms with Crippen LogP contribution in [0.5, 0.6) is 11.5 Å². The quantitative estimate of drug-likeness (QED) is 0.469. The normalized spacial score (nSPS) is 12.2. The highest BCUT2D eigenvalue weighted by molar-refractivity contribution is 8.00. The Bertz CT molecular complexity index is 1200. The van der Waals surface area contributed by atoms with Crippen molar-refractivity contribution in [1.82, 2.24) is 14.8 Å². The van der Waals surface area contributed by atoms with Gasteiger partial charge in [0.2, 0.25) is 5.91 Å². The molecule has 11 heteroatoms. The molecule has 2 aromatic carbocycles. The minimum absolute atomic E-state index is 0.221. The van der Waals surface area contributed by atoms with Crippen LogP contribution in [0.1, 0.15) is 12.7 Å². The van der Waals surface area contributed by atoms with E-state index >= 15 is 0 Å². The number of nitrogens with zero attached hydrogens (tertiary/aromatic N) is 3. The summed E-state index contributed by atoms with van der Waals surface area (Å²) in [5, 5.41) is 10.8. The molecule has 1 atom stereocenters. The first-order valence-corrected chi connectivity index (χ1v) is 12.1. The van der Waals surface area contributed by atoms with E-state index in [1.807, 2.05) is 0 Å². The second kappa shape index (κ2) is 10.0. The van der Waals surface area contributed by atoms with E-state index in [0.29, 0.717) is 28.2 Å². The standard InChI is InChI=1S/C21H24N4O5S2/c1-14(20(26)22-17-11-10-15(29-3)12-18(17)30-4)31-21-24-23-19(25(21)2)13-32(27,28)16-8-6-5-7-9-16/h5-12,14H,13H2,1-4H3,(H,22,26). The van der Waals surface area contributed by atoms with Crippen LogP contribution in [0, 0.1) is 0 Å². The van der Waals surface area contributed by atoms with Crippen molar-refractivity contribution >= 4 is 33.2 Å². The molecule has 1 N–H and O–H groups in total. The molecule has 0 aliphatic carbocycles. The summed E-state index contributed by atoms with van der Waals surface area (Å²) in [5.74, 6) is 0.826. The molecule has 0 saturated carbocycles. The van der Waals surface area contributed by atoms with Crippen molar-refractivity contribution < 1.29 is 22.7 Å². The Morgan fingerprint density at radius 2 is 1.84 bits per heavy atom. The van der Waals surface area contributed by atoms with Gasteiger partial charge in [-0.25, -0.2) is 8.42 Å². The molecule has 1 aromatic heterocycles. The van der Waals surface area contributed by atoms with E-state index in [4.69, 9.17) is 9.47 Å². The number of thioether (sulfide) groups is 1. The minimum Gasteiger partial charge on any atom is -0.497 e. The Morgan fingerprint density at radius 3 is 2.50 bits per heavy atom. The summed E-state index contributed by atoms with van der Waals surface area (Å²) in [6.07, 6.45) is 0. The minimum atomic E-state index is -3.56. The third kappa shape index (κ3) is 5.40. The smallest absolute Gasteiger partial charge is 0.237 e. The first-order chi connectivity index (χ1) is 15.2. The van der Waals surface area contributed by atoms with Crippen LogP contribution in [0.2, 0.25) is 0 Å². The van der Waals surface area contributed by atoms with Gasteiger partial charge in [0.15, 0.2) is 15.0 Å². The largest absolute Gasteiger partial charge is 0.497 e. The van der Waals surface area contributed by atoms with Crippen molar-refractivity contribution in [3.63, 3.8) is 0 Å². The van der Waals surface area contributed by atoms with Gasteiger partial charge in [0.25, 0.3) is 0 Å². The summed E-state index contributed by atoms with van der Waals surface area (Å²) < 4.78 is 37.3. The fraction of sp³-hybridized carbons (Fsp3) is 0.286. The molecule has 0 saturated heterocycles. The zero-order valence-electron chi connectivity index (χ0n) is 18.1. The molecule has 3 rings (SSSR count). The maximum absolute atomic E-state index is 12.7. The second-order valence-electron chi connectivity index (χ2n) is 6.85. The maximum Gasteiger partial charge on any atom is 0.237 e. The van der Waals surface area contributed by atoms with Crippen molar-refractivity contribution in [3.8, 4) is 11.5 Å². The van der Waals surface area contributed by atoms with Crippen LogP contribution in [0.4, 0.5) is 5.69 Å². The lowest BCUT2D eigenvalue weighted by molar-refractivity contribution is -0.115. The van der Waals surface area contributed by atoms with Crippen LogP contribution in [0.25, 0.3) is 0 Å². The van der Waals surface area contributed by atoms with E-state index in [0.717, 1.165) is 0 Å². The third-order valence-electron chi connectivity index (χ3n) is 4.66. The fourth-order valence-corrected chi connectivity index (χ4v) is 4.97. The number of amides is 1. The molecule has 1 unspecified atom stereocenters. The number of rotatable bonds is 9. The highest BCUT2D eigenvalue weighted by Gasteiger charge is 2.23. The molecule has 170 valence electrons. The van der Waals surface area contributed by atoms with Gasteiger partial charge in [-0.2, -0.15) is 0 Å². The Morgan fingerprint density at radius 1 is 1.12 bits per heavy atom. The Balaban J connectivity index is 1.69. The zero-order chi connectivity index (χ0) is 23.3. The van der Waals surface area contributed by atoms with Gasteiger partial charge in [0, 0.05) is 13.1 Å². The number of benzene rings is 2. The summed E-state index contributed by atoms with van der Waals surface area (Å²) in [7, 11) is 1.17. The molecule has 0 aliphatic rings. The van der Waals surface area contributed by atoms with Crippen molar-refractivity contribution in [1.29, 1.82) is 0 Å². The number of carbonyl (C=O) groups excluding carboxylic acids is 1. The monoisotopic (exact) mass is 476 g/mol. The molecule has 1 amide bonds. The van der Waals surface area contributed by atoms with Gasteiger partial charge < -0.3 is 19.4 Å². The molecule has 32 heavy (non-hydrogen) atoms. The van der Waals surface area contributed by atoms with E-state index < -0.39 is 15.1 Å². The predicted octanol–water partition coefficient (Wildman–Crippen LogP) is 2.93. The number of hydrogen-bond acceptors (Lipinski definition) is 8. The summed E-state index contributed by atoms with van der Waals surface area (Å²) in [4.78, 5) is 12.9. The molecular formula is C21H24N4O5S2. The lowest BCUT2D eigenvalue weighted by Crippen LogP contribution is -2.23. The highest BCUT2D eigenvalue weighted by Crippen LogP contribution is 2.30. The summed E-state index contributed by atoms with van der Waals surface area (Å²) in [5.41, 5.74) is 0.512. The summed E-state index contributed by atoms with van der Waals surface area (Å²) in [6.45, 7) is 1.73. The van der Waals surface area contributed by atoms with E-state index in [1.54, 1.807) is 74.2 Å². The maximum atomic E-state index is 12.7. The van der Waals surface area contributed by atoms with Gasteiger partial charge in [0.05, 0.1) is 30.1 Å². The van der Waals surface area contributed by atoms with Gasteiger partial charge in [-0.05, 0) is 31.2 Å². The fourth-order valence-electron chi connectivity index (χ4n) is 2.80. The van der Waals surface area contributed by atoms with Crippen LogP contribution in [-0.4, -0.2) is 48.6 Å². The van der Waals surface area contributed by atoms with E-state index in [2.05, 4.69) is 15.5 Å². The predicted molar refractivity (Wildman–Crippen MR) is 122 cm³/mol. The lowest BCUT2D eigenvalue weighted by atomic mass is 10.2. The average Bonchev–Trinajstić information content (AvgIpc) is 3.12. The number of sulfone groups is 1. The SMILES string of the molecule is COc1ccc(NC(=O)C(C)Sc2nnc(CS(=O)(=O)c3ccccc3)n2C)c(OC)c1. The highest BCUT2D eigenvalue weighted by atomic mass is 32.2. The Hall–Kier alpha value is -3.05. The molecule has 0 fully saturated rings. The zero-order valence-corrected chi connectivity index (χ0v) is 19.7. The van der Waals surface area contributed by atoms with E-state index in [-0.39, 0.29) is 16.6 Å². The molecule has 0 radical (unpaired) electrons. The van der Waals surface area contributed by atoms with E-state index in [9.17, 15) is 13.2 Å². The number of anilines is 1. The lowest BCUT2D eigenvalue weighted by Gasteiger charge is -2.14. The molecule has 0 aliphatic heterocycles. The van der Waals surface area contributed by atoms with Crippen LogP contribution >= 0.6 is 11.8 Å². The first-order valence-electron chi connectivity index (χ1n) is 9.60. The molecule has 1 heterocycles.